The van der Waals surface area contributed by atoms with E-state index in [0.717, 1.165) is 57.2 Å². The Morgan fingerprint density at radius 2 is 2.14 bits per heavy atom. The zero-order valence-electron chi connectivity index (χ0n) is 17.1. The second-order valence-corrected chi connectivity index (χ2v) is 8.47. The lowest BCUT2D eigenvalue weighted by molar-refractivity contribution is 0.0640. The molecule has 1 N–H and O–H groups in total. The minimum Gasteiger partial charge on any atom is -0.496 e. The fraction of sp³-hybridized carbons (Fsp3) is 0.409. The first-order chi connectivity index (χ1) is 14.1. The van der Waals surface area contributed by atoms with E-state index in [1.54, 1.807) is 13.4 Å². The lowest BCUT2D eigenvalue weighted by Gasteiger charge is -2.33. The second kappa shape index (κ2) is 8.37. The number of carbonyl (C=O) groups excluding carboxylic acids is 1. The molecule has 4 rings (SSSR count). The Morgan fingerprint density at radius 1 is 1.31 bits per heavy atom. The molecule has 1 aliphatic heterocycles. The number of benzene rings is 1. The molecule has 1 unspecified atom stereocenters. The molecule has 3 heterocycles. The highest BCUT2D eigenvalue weighted by Gasteiger charge is 2.28. The quantitative estimate of drug-likeness (QED) is 0.664. The number of fused-ring (bicyclic) bond motifs is 1. The number of aromatic nitrogens is 2. The van der Waals surface area contributed by atoms with Crippen LogP contribution in [-0.4, -0.2) is 40.5 Å². The van der Waals surface area contributed by atoms with Crippen LogP contribution in [0.15, 0.2) is 30.6 Å². The van der Waals surface area contributed by atoms with Crippen molar-refractivity contribution >= 4 is 33.3 Å². The fourth-order valence-corrected chi connectivity index (χ4v) is 5.07. The number of rotatable bonds is 5. The van der Waals surface area contributed by atoms with Gasteiger partial charge in [0.2, 0.25) is 0 Å². The summed E-state index contributed by atoms with van der Waals surface area (Å²) in [5.74, 6) is 1.70. The lowest BCUT2D eigenvalue weighted by atomic mass is 10.0. The number of piperidine rings is 1. The molecule has 0 bridgehead atoms. The summed E-state index contributed by atoms with van der Waals surface area (Å²) in [6.45, 7) is 5.55. The Morgan fingerprint density at radius 3 is 2.93 bits per heavy atom. The molecule has 0 radical (unpaired) electrons. The molecular formula is C22H26N4O2S. The van der Waals surface area contributed by atoms with Crippen molar-refractivity contribution in [1.82, 2.24) is 14.9 Å². The molecule has 7 heteroatoms. The van der Waals surface area contributed by atoms with E-state index in [1.165, 1.54) is 17.8 Å². The summed E-state index contributed by atoms with van der Waals surface area (Å²) in [6.07, 6.45) is 4.90. The highest BCUT2D eigenvalue weighted by atomic mass is 32.1. The number of ether oxygens (including phenoxy) is 1. The van der Waals surface area contributed by atoms with Crippen LogP contribution in [0.25, 0.3) is 10.2 Å². The number of methoxy groups -OCH3 is 1. The van der Waals surface area contributed by atoms with E-state index in [1.807, 2.05) is 36.1 Å². The van der Waals surface area contributed by atoms with Crippen molar-refractivity contribution in [3.63, 3.8) is 0 Å². The zero-order valence-corrected chi connectivity index (χ0v) is 17.9. The Kier molecular flexibility index (Phi) is 5.67. The summed E-state index contributed by atoms with van der Waals surface area (Å²) in [4.78, 5) is 25.7. The number of para-hydroxylation sites is 1. The van der Waals surface area contributed by atoms with Gasteiger partial charge in [0.05, 0.1) is 17.4 Å². The predicted molar refractivity (Wildman–Crippen MR) is 117 cm³/mol. The zero-order chi connectivity index (χ0) is 20.4. The van der Waals surface area contributed by atoms with Crippen molar-refractivity contribution in [3.05, 3.63) is 46.6 Å². The average molecular weight is 411 g/mol. The normalized spacial score (nSPS) is 16.8. The van der Waals surface area contributed by atoms with Gasteiger partial charge in [-0.1, -0.05) is 18.2 Å². The number of nitrogens with one attached hydrogen (secondary N) is 1. The maximum atomic E-state index is 13.2. The third kappa shape index (κ3) is 3.79. The van der Waals surface area contributed by atoms with Crippen LogP contribution in [0.5, 0.6) is 5.75 Å². The van der Waals surface area contributed by atoms with Crippen molar-refractivity contribution in [2.45, 2.75) is 45.7 Å². The van der Waals surface area contributed by atoms with Crippen LogP contribution < -0.4 is 10.1 Å². The van der Waals surface area contributed by atoms with Gasteiger partial charge in [-0.3, -0.25) is 4.79 Å². The summed E-state index contributed by atoms with van der Waals surface area (Å²) in [7, 11) is 1.67. The first-order valence-electron chi connectivity index (χ1n) is 10.0. The number of hydrogen-bond donors (Lipinski definition) is 1. The number of aryl methyl sites for hydroxylation is 1. The van der Waals surface area contributed by atoms with Gasteiger partial charge in [0.15, 0.2) is 0 Å². The highest BCUT2D eigenvalue weighted by Crippen LogP contribution is 2.35. The lowest BCUT2D eigenvalue weighted by Crippen LogP contribution is -2.41. The van der Waals surface area contributed by atoms with Gasteiger partial charge in [0.1, 0.15) is 22.7 Å². The minimum absolute atomic E-state index is 0.119. The molecule has 1 aliphatic rings. The number of thiophene rings is 1. The van der Waals surface area contributed by atoms with Crippen molar-refractivity contribution in [1.29, 1.82) is 0 Å². The summed E-state index contributed by atoms with van der Waals surface area (Å²) < 4.78 is 5.44. The summed E-state index contributed by atoms with van der Waals surface area (Å²) in [5.41, 5.74) is 2.00. The maximum absolute atomic E-state index is 13.2. The topological polar surface area (TPSA) is 67.3 Å². The molecule has 29 heavy (non-hydrogen) atoms. The molecule has 0 spiro atoms. The van der Waals surface area contributed by atoms with E-state index in [2.05, 4.69) is 22.2 Å². The van der Waals surface area contributed by atoms with E-state index in [9.17, 15) is 4.79 Å². The van der Waals surface area contributed by atoms with Gasteiger partial charge in [-0.15, -0.1) is 11.3 Å². The summed E-state index contributed by atoms with van der Waals surface area (Å²) >= 11 is 1.46. The molecule has 1 fully saturated rings. The van der Waals surface area contributed by atoms with Gasteiger partial charge in [0, 0.05) is 24.7 Å². The largest absolute Gasteiger partial charge is 0.496 e. The van der Waals surface area contributed by atoms with Gasteiger partial charge < -0.3 is 15.0 Å². The molecular weight excluding hydrogens is 384 g/mol. The summed E-state index contributed by atoms with van der Waals surface area (Å²) in [6, 6.07) is 8.20. The van der Waals surface area contributed by atoms with Gasteiger partial charge >= 0.3 is 0 Å². The Bertz CT molecular complexity index is 1030. The Hall–Kier alpha value is -2.67. The van der Waals surface area contributed by atoms with E-state index >= 15 is 0 Å². The number of likely N-dealkylation sites (tertiary alicyclic amines) is 1. The smallest absolute Gasteiger partial charge is 0.264 e. The molecule has 0 saturated carbocycles. The number of amides is 1. The molecule has 1 amide bonds. The van der Waals surface area contributed by atoms with Crippen LogP contribution in [0, 0.1) is 6.92 Å². The fourth-order valence-electron chi connectivity index (χ4n) is 3.97. The molecule has 0 aliphatic carbocycles. The van der Waals surface area contributed by atoms with Gasteiger partial charge in [0.25, 0.3) is 5.91 Å². The maximum Gasteiger partial charge on any atom is 0.264 e. The number of carbonyl (C=O) groups is 1. The van der Waals surface area contributed by atoms with Gasteiger partial charge in [-0.25, -0.2) is 9.97 Å². The average Bonchev–Trinajstić information content (AvgIpc) is 3.09. The molecule has 3 aromatic rings. The third-order valence-electron chi connectivity index (χ3n) is 5.62. The number of nitrogens with zero attached hydrogens (tertiary/aromatic N) is 3. The van der Waals surface area contributed by atoms with E-state index in [0.29, 0.717) is 6.54 Å². The van der Waals surface area contributed by atoms with Crippen LogP contribution in [-0.2, 0) is 6.54 Å². The van der Waals surface area contributed by atoms with Crippen molar-refractivity contribution in [3.8, 4) is 5.75 Å². The standard InChI is InChI=1S/C22H26N4O2S/c1-14-8-6-7-11-26(14)22(27)19-15(2)18-20(24-13-25-21(18)29-19)23-12-16-9-4-5-10-17(16)28-3/h4-5,9-10,13-14H,6-8,11-12H2,1-3H3,(H,23,24,25). The third-order valence-corrected chi connectivity index (χ3v) is 6.81. The molecule has 1 saturated heterocycles. The van der Waals surface area contributed by atoms with E-state index < -0.39 is 0 Å². The SMILES string of the molecule is COc1ccccc1CNc1ncnc2sc(C(=O)N3CCCCC3C)c(C)c12. The van der Waals surface area contributed by atoms with Crippen LogP contribution in [0.3, 0.4) is 0 Å². The highest BCUT2D eigenvalue weighted by molar-refractivity contribution is 7.20. The monoisotopic (exact) mass is 410 g/mol. The van der Waals surface area contributed by atoms with Crippen LogP contribution in [0.2, 0.25) is 0 Å². The van der Waals surface area contributed by atoms with Crippen LogP contribution >= 0.6 is 11.3 Å². The van der Waals surface area contributed by atoms with Gasteiger partial charge in [-0.2, -0.15) is 0 Å². The molecule has 2 aromatic heterocycles. The van der Waals surface area contributed by atoms with Crippen molar-refractivity contribution in [2.24, 2.45) is 0 Å². The Balaban J connectivity index is 1.64. The molecule has 152 valence electrons. The Labute approximate surface area is 174 Å². The first-order valence-corrected chi connectivity index (χ1v) is 10.8. The van der Waals surface area contributed by atoms with Crippen LogP contribution in [0.1, 0.15) is 47.0 Å². The van der Waals surface area contributed by atoms with Crippen LogP contribution in [0.4, 0.5) is 5.82 Å². The summed E-state index contributed by atoms with van der Waals surface area (Å²) in [5, 5.41) is 4.34. The van der Waals surface area contributed by atoms with E-state index in [4.69, 9.17) is 4.74 Å². The van der Waals surface area contributed by atoms with Crippen molar-refractivity contribution in [2.75, 3.05) is 19.0 Å². The number of hydrogen-bond acceptors (Lipinski definition) is 6. The molecule has 6 nitrogen and oxygen atoms in total. The van der Waals surface area contributed by atoms with Gasteiger partial charge in [-0.05, 0) is 44.7 Å². The number of anilines is 1. The molecule has 1 atom stereocenters. The predicted octanol–water partition coefficient (Wildman–Crippen LogP) is 4.64. The minimum atomic E-state index is 0.119. The van der Waals surface area contributed by atoms with Crippen molar-refractivity contribution < 1.29 is 9.53 Å². The second-order valence-electron chi connectivity index (χ2n) is 7.47. The van der Waals surface area contributed by atoms with E-state index in [-0.39, 0.29) is 11.9 Å². The first kappa shape index (κ1) is 19.6. The molecule has 1 aromatic carbocycles.